The van der Waals surface area contributed by atoms with Crippen LogP contribution in [0.15, 0.2) is 18.2 Å². The van der Waals surface area contributed by atoms with Crippen LogP contribution in [0.3, 0.4) is 0 Å². The van der Waals surface area contributed by atoms with Crippen molar-refractivity contribution < 1.29 is 19.7 Å². The molecule has 1 aliphatic heterocycles. The molecule has 2 atom stereocenters. The Morgan fingerprint density at radius 2 is 2.16 bits per heavy atom. The Hall–Kier alpha value is -1.75. The lowest BCUT2D eigenvalue weighted by atomic mass is 10.1. The number of ether oxygens (including phenoxy) is 1. The molecule has 1 aromatic rings. The number of amides is 1. The van der Waals surface area contributed by atoms with Gasteiger partial charge in [-0.1, -0.05) is 6.92 Å². The summed E-state index contributed by atoms with van der Waals surface area (Å²) < 4.78 is 5.56. The highest BCUT2D eigenvalue weighted by atomic mass is 16.5. The third kappa shape index (κ3) is 2.81. The summed E-state index contributed by atoms with van der Waals surface area (Å²) >= 11 is 0. The van der Waals surface area contributed by atoms with Crippen LogP contribution < -0.4 is 0 Å². The van der Waals surface area contributed by atoms with E-state index in [4.69, 9.17) is 4.74 Å². The van der Waals surface area contributed by atoms with Gasteiger partial charge in [0.05, 0.1) is 18.8 Å². The molecular formula is C14H19NO4. The third-order valence-corrected chi connectivity index (χ3v) is 3.42. The van der Waals surface area contributed by atoms with Gasteiger partial charge in [-0.3, -0.25) is 4.79 Å². The minimum absolute atomic E-state index is 0.0115. The van der Waals surface area contributed by atoms with Crippen LogP contribution in [0.5, 0.6) is 11.5 Å². The molecule has 0 aromatic heterocycles. The Morgan fingerprint density at radius 3 is 2.79 bits per heavy atom. The van der Waals surface area contributed by atoms with Gasteiger partial charge in [0, 0.05) is 12.1 Å². The highest BCUT2D eigenvalue weighted by Gasteiger charge is 2.30. The first-order valence-corrected chi connectivity index (χ1v) is 6.47. The molecule has 1 aromatic carbocycles. The van der Waals surface area contributed by atoms with Crippen LogP contribution in [0.1, 0.15) is 30.6 Å². The lowest BCUT2D eigenvalue weighted by Crippen LogP contribution is -2.51. The molecule has 5 heteroatoms. The zero-order valence-electron chi connectivity index (χ0n) is 11.2. The fourth-order valence-electron chi connectivity index (χ4n) is 2.25. The van der Waals surface area contributed by atoms with E-state index in [-0.39, 0.29) is 29.6 Å². The van der Waals surface area contributed by atoms with Crippen LogP contribution in [-0.4, -0.2) is 46.3 Å². The second-order valence-corrected chi connectivity index (χ2v) is 4.87. The lowest BCUT2D eigenvalue weighted by Gasteiger charge is -2.38. The maximum Gasteiger partial charge on any atom is 0.254 e. The number of carbonyl (C=O) groups is 1. The predicted octanol–water partition coefficient (Wildman–Crippen LogP) is 1.74. The molecule has 0 saturated carbocycles. The normalized spacial score (nSPS) is 23.4. The number of morpholine rings is 1. The van der Waals surface area contributed by atoms with Gasteiger partial charge in [0.25, 0.3) is 5.91 Å². The summed E-state index contributed by atoms with van der Waals surface area (Å²) in [6.45, 7) is 5.02. The number of aromatic hydroxyl groups is 2. The topological polar surface area (TPSA) is 70.0 Å². The smallest absolute Gasteiger partial charge is 0.254 e. The molecule has 2 N–H and O–H groups in total. The van der Waals surface area contributed by atoms with E-state index in [1.807, 2.05) is 13.8 Å². The number of benzene rings is 1. The molecule has 1 fully saturated rings. The Kier molecular flexibility index (Phi) is 3.95. The van der Waals surface area contributed by atoms with Gasteiger partial charge in [-0.25, -0.2) is 0 Å². The highest BCUT2D eigenvalue weighted by Crippen LogP contribution is 2.26. The second kappa shape index (κ2) is 5.48. The summed E-state index contributed by atoms with van der Waals surface area (Å²) in [5.74, 6) is -0.642. The Bertz CT molecular complexity index is 475. The van der Waals surface area contributed by atoms with E-state index in [1.54, 1.807) is 4.90 Å². The average Bonchev–Trinajstić information content (AvgIpc) is 2.41. The number of rotatable bonds is 2. The molecule has 1 amide bonds. The molecule has 0 radical (unpaired) electrons. The second-order valence-electron chi connectivity index (χ2n) is 4.87. The van der Waals surface area contributed by atoms with Crippen molar-refractivity contribution in [1.29, 1.82) is 0 Å². The van der Waals surface area contributed by atoms with Crippen molar-refractivity contribution in [2.24, 2.45) is 0 Å². The standard InChI is InChI=1S/C14H19NO4/c1-3-11-8-19-9(2)7-15(11)14(18)10-4-5-12(16)13(17)6-10/h4-6,9,11,16-17H,3,7-8H2,1-2H3. The van der Waals surface area contributed by atoms with E-state index >= 15 is 0 Å². The van der Waals surface area contributed by atoms with Gasteiger partial charge in [-0.05, 0) is 31.5 Å². The zero-order valence-corrected chi connectivity index (χ0v) is 11.2. The summed E-state index contributed by atoms with van der Waals surface area (Å²) in [5, 5.41) is 18.8. The molecule has 1 aliphatic rings. The average molecular weight is 265 g/mol. The number of phenolic OH excluding ortho intramolecular Hbond substituents is 2. The molecule has 0 aliphatic carbocycles. The first kappa shape index (κ1) is 13.7. The fraction of sp³-hybridized carbons (Fsp3) is 0.500. The third-order valence-electron chi connectivity index (χ3n) is 3.42. The van der Waals surface area contributed by atoms with Gasteiger partial charge in [0.2, 0.25) is 0 Å². The zero-order chi connectivity index (χ0) is 14.0. The molecular weight excluding hydrogens is 246 g/mol. The minimum Gasteiger partial charge on any atom is -0.504 e. The van der Waals surface area contributed by atoms with Gasteiger partial charge in [-0.2, -0.15) is 0 Å². The van der Waals surface area contributed by atoms with Gasteiger partial charge in [-0.15, -0.1) is 0 Å². The van der Waals surface area contributed by atoms with E-state index in [0.717, 1.165) is 6.42 Å². The van der Waals surface area contributed by atoms with Gasteiger partial charge in [0.1, 0.15) is 0 Å². The largest absolute Gasteiger partial charge is 0.504 e. The lowest BCUT2D eigenvalue weighted by molar-refractivity contribution is -0.0444. The predicted molar refractivity (Wildman–Crippen MR) is 70.3 cm³/mol. The summed E-state index contributed by atoms with van der Waals surface area (Å²) in [6.07, 6.45) is 0.833. The van der Waals surface area contributed by atoms with Crippen molar-refractivity contribution in [3.63, 3.8) is 0 Å². The first-order chi connectivity index (χ1) is 9.02. The van der Waals surface area contributed by atoms with Gasteiger partial charge < -0.3 is 19.8 Å². The molecule has 104 valence electrons. The monoisotopic (exact) mass is 265 g/mol. The maximum atomic E-state index is 12.5. The fourth-order valence-corrected chi connectivity index (χ4v) is 2.25. The van der Waals surface area contributed by atoms with Crippen LogP contribution in [0.2, 0.25) is 0 Å². The summed E-state index contributed by atoms with van der Waals surface area (Å²) in [5.41, 5.74) is 0.378. The Labute approximate surface area is 112 Å². The highest BCUT2D eigenvalue weighted by molar-refractivity contribution is 5.95. The Morgan fingerprint density at radius 1 is 1.42 bits per heavy atom. The van der Waals surface area contributed by atoms with E-state index in [9.17, 15) is 15.0 Å². The van der Waals surface area contributed by atoms with Crippen LogP contribution >= 0.6 is 0 Å². The van der Waals surface area contributed by atoms with Crippen LogP contribution in [0.4, 0.5) is 0 Å². The van der Waals surface area contributed by atoms with E-state index < -0.39 is 0 Å². The summed E-state index contributed by atoms with van der Waals surface area (Å²) in [4.78, 5) is 14.2. The van der Waals surface area contributed by atoms with E-state index in [2.05, 4.69) is 0 Å². The number of hydrogen-bond donors (Lipinski definition) is 2. The van der Waals surface area contributed by atoms with Crippen LogP contribution in [0, 0.1) is 0 Å². The molecule has 2 unspecified atom stereocenters. The molecule has 5 nitrogen and oxygen atoms in total. The Balaban J connectivity index is 2.23. The number of hydrogen-bond acceptors (Lipinski definition) is 4. The van der Waals surface area contributed by atoms with Crippen molar-refractivity contribution in [3.05, 3.63) is 23.8 Å². The SMILES string of the molecule is CCC1COC(C)CN1C(=O)c1ccc(O)c(O)c1. The van der Waals surface area contributed by atoms with Crippen molar-refractivity contribution in [1.82, 2.24) is 4.90 Å². The van der Waals surface area contributed by atoms with E-state index in [0.29, 0.717) is 18.7 Å². The van der Waals surface area contributed by atoms with E-state index in [1.165, 1.54) is 18.2 Å². The molecule has 1 heterocycles. The molecule has 19 heavy (non-hydrogen) atoms. The molecule has 2 rings (SSSR count). The van der Waals surface area contributed by atoms with Crippen LogP contribution in [-0.2, 0) is 4.74 Å². The summed E-state index contributed by atoms with van der Waals surface area (Å²) in [6, 6.07) is 4.20. The number of nitrogens with zero attached hydrogens (tertiary/aromatic N) is 1. The molecule has 1 saturated heterocycles. The maximum absolute atomic E-state index is 12.5. The van der Waals surface area contributed by atoms with Crippen molar-refractivity contribution in [2.45, 2.75) is 32.4 Å². The van der Waals surface area contributed by atoms with Crippen molar-refractivity contribution in [2.75, 3.05) is 13.2 Å². The van der Waals surface area contributed by atoms with Crippen molar-refractivity contribution >= 4 is 5.91 Å². The number of phenols is 2. The first-order valence-electron chi connectivity index (χ1n) is 6.47. The minimum atomic E-state index is -0.278. The quantitative estimate of drug-likeness (QED) is 0.799. The summed E-state index contributed by atoms with van der Waals surface area (Å²) in [7, 11) is 0. The van der Waals surface area contributed by atoms with Gasteiger partial charge >= 0.3 is 0 Å². The number of carbonyl (C=O) groups excluding carboxylic acids is 1. The van der Waals surface area contributed by atoms with Crippen molar-refractivity contribution in [3.8, 4) is 11.5 Å². The molecule has 0 spiro atoms. The molecule has 0 bridgehead atoms. The van der Waals surface area contributed by atoms with Gasteiger partial charge in [0.15, 0.2) is 11.5 Å². The van der Waals surface area contributed by atoms with Crippen LogP contribution in [0.25, 0.3) is 0 Å².